The van der Waals surface area contributed by atoms with Crippen LogP contribution in [0.25, 0.3) is 0 Å². The van der Waals surface area contributed by atoms with Crippen molar-refractivity contribution in [2.24, 2.45) is 11.8 Å². The molecule has 2 bridgehead atoms. The number of carbonyl (C=O) groups excluding carboxylic acids is 2. The summed E-state index contributed by atoms with van der Waals surface area (Å²) < 4.78 is 10.5. The fourth-order valence-corrected chi connectivity index (χ4v) is 3.36. The molecule has 1 amide bonds. The molecule has 4 atom stereocenters. The summed E-state index contributed by atoms with van der Waals surface area (Å²) in [6.07, 6.45) is 2.90. The van der Waals surface area contributed by atoms with Gasteiger partial charge in [0.25, 0.3) is 0 Å². The van der Waals surface area contributed by atoms with Crippen LogP contribution in [0.15, 0.2) is 12.2 Å². The largest absolute Gasteiger partial charge is 0.481 e. The summed E-state index contributed by atoms with van der Waals surface area (Å²) in [6.45, 7) is 1.96. The predicted octanol–water partition coefficient (Wildman–Crippen LogP) is -0.584. The number of fused-ring (bicyclic) bond motifs is 1. The Bertz CT molecular complexity index is 515. The number of hydrogen-bond donors (Lipinski definition) is 1. The Morgan fingerprint density at radius 1 is 1.60 bits per heavy atom. The summed E-state index contributed by atoms with van der Waals surface area (Å²) in [5.41, 5.74) is -0.892. The van der Waals surface area contributed by atoms with Gasteiger partial charge in [-0.05, 0) is 6.92 Å². The van der Waals surface area contributed by atoms with Crippen molar-refractivity contribution in [3.8, 4) is 0 Å². The normalized spacial score (nSPS) is 37.4. The Labute approximate surface area is 115 Å². The van der Waals surface area contributed by atoms with Crippen LogP contribution in [0.2, 0.25) is 0 Å². The number of ether oxygens (including phenoxy) is 2. The zero-order valence-corrected chi connectivity index (χ0v) is 10.9. The monoisotopic (exact) mass is 281 g/mol. The van der Waals surface area contributed by atoms with Crippen molar-refractivity contribution in [3.63, 3.8) is 0 Å². The Morgan fingerprint density at radius 2 is 2.35 bits per heavy atom. The molecule has 3 rings (SSSR count). The molecule has 0 aliphatic carbocycles. The average molecular weight is 281 g/mol. The van der Waals surface area contributed by atoms with Crippen LogP contribution < -0.4 is 0 Å². The van der Waals surface area contributed by atoms with E-state index in [9.17, 15) is 19.5 Å². The van der Waals surface area contributed by atoms with Crippen LogP contribution in [0.3, 0.4) is 0 Å². The zero-order chi connectivity index (χ0) is 14.5. The van der Waals surface area contributed by atoms with E-state index in [0.717, 1.165) is 0 Å². The van der Waals surface area contributed by atoms with E-state index in [1.807, 2.05) is 0 Å². The van der Waals surface area contributed by atoms with Crippen molar-refractivity contribution < 1.29 is 29.0 Å². The Morgan fingerprint density at radius 3 is 3.00 bits per heavy atom. The molecule has 108 valence electrons. The van der Waals surface area contributed by atoms with E-state index in [2.05, 4.69) is 0 Å². The first kappa shape index (κ1) is 13.1. The fraction of sp³-hybridized carbons (Fsp3) is 0.615. The lowest BCUT2D eigenvalue weighted by Crippen LogP contribution is -2.39. The molecule has 3 heterocycles. The van der Waals surface area contributed by atoms with Crippen molar-refractivity contribution in [2.45, 2.75) is 18.6 Å². The molecule has 3 aliphatic heterocycles. The van der Waals surface area contributed by atoms with E-state index < -0.39 is 35.5 Å². The molecule has 0 aromatic heterocycles. The highest BCUT2D eigenvalue weighted by Crippen LogP contribution is 2.51. The molecule has 0 aromatic rings. The van der Waals surface area contributed by atoms with Gasteiger partial charge in [0.2, 0.25) is 5.91 Å². The summed E-state index contributed by atoms with van der Waals surface area (Å²) in [5, 5.41) is 9.27. The molecule has 1 N–H and O–H groups in total. The second kappa shape index (κ2) is 4.31. The van der Waals surface area contributed by atoms with Gasteiger partial charge in [-0.25, -0.2) is 0 Å². The third-order valence-electron chi connectivity index (χ3n) is 4.09. The molecule has 0 radical (unpaired) electrons. The summed E-state index contributed by atoms with van der Waals surface area (Å²) in [5.74, 6) is -3.51. The number of hydrogen-bond acceptors (Lipinski definition) is 5. The summed E-state index contributed by atoms with van der Waals surface area (Å²) >= 11 is 0. The van der Waals surface area contributed by atoms with Crippen molar-refractivity contribution in [3.05, 3.63) is 12.2 Å². The number of carboxylic acid groups (broad SMARTS) is 1. The highest BCUT2D eigenvalue weighted by molar-refractivity contribution is 5.92. The molecule has 0 aromatic carbocycles. The second-order valence-corrected chi connectivity index (χ2v) is 5.24. The standard InChI is InChI=1S/C13H15NO6/c1-2-19-8(15)5-14-6-13-4-3-7(20-13)9(12(17)18)10(13)11(14)16/h3-4,7,9-10H,2,5-6H2,1H3,(H,17,18)/t7-,9?,10?,13-/m1/s1. The molecular weight excluding hydrogens is 266 g/mol. The van der Waals surface area contributed by atoms with Gasteiger partial charge in [0, 0.05) is 0 Å². The van der Waals surface area contributed by atoms with Crippen LogP contribution in [0.1, 0.15) is 6.92 Å². The molecule has 2 saturated heterocycles. The van der Waals surface area contributed by atoms with Gasteiger partial charge >= 0.3 is 11.9 Å². The van der Waals surface area contributed by atoms with Crippen molar-refractivity contribution in [2.75, 3.05) is 19.7 Å². The van der Waals surface area contributed by atoms with Gasteiger partial charge in [0.05, 0.1) is 25.2 Å². The van der Waals surface area contributed by atoms with Gasteiger partial charge in [-0.3, -0.25) is 14.4 Å². The Hall–Kier alpha value is -1.89. The third-order valence-corrected chi connectivity index (χ3v) is 4.09. The number of nitrogens with zero attached hydrogens (tertiary/aromatic N) is 1. The maximum atomic E-state index is 12.4. The summed E-state index contributed by atoms with van der Waals surface area (Å²) in [4.78, 5) is 36.5. The number of likely N-dealkylation sites (tertiary alicyclic amines) is 1. The first-order chi connectivity index (χ1) is 9.48. The van der Waals surface area contributed by atoms with Crippen LogP contribution in [-0.4, -0.2) is 59.3 Å². The summed E-state index contributed by atoms with van der Waals surface area (Å²) in [7, 11) is 0. The minimum Gasteiger partial charge on any atom is -0.481 e. The van der Waals surface area contributed by atoms with E-state index in [-0.39, 0.29) is 25.6 Å². The molecule has 1 spiro atoms. The fourth-order valence-electron chi connectivity index (χ4n) is 3.36. The highest BCUT2D eigenvalue weighted by atomic mass is 16.5. The van der Waals surface area contributed by atoms with Crippen molar-refractivity contribution in [1.29, 1.82) is 0 Å². The zero-order valence-electron chi connectivity index (χ0n) is 10.9. The van der Waals surface area contributed by atoms with Crippen LogP contribution >= 0.6 is 0 Å². The van der Waals surface area contributed by atoms with Gasteiger partial charge < -0.3 is 19.5 Å². The minimum atomic E-state index is -1.04. The molecule has 7 nitrogen and oxygen atoms in total. The molecule has 20 heavy (non-hydrogen) atoms. The lowest BCUT2D eigenvalue weighted by molar-refractivity contribution is -0.151. The van der Waals surface area contributed by atoms with Crippen LogP contribution in [0, 0.1) is 11.8 Å². The number of amides is 1. The topological polar surface area (TPSA) is 93.1 Å². The smallest absolute Gasteiger partial charge is 0.325 e. The highest BCUT2D eigenvalue weighted by Gasteiger charge is 2.67. The molecular formula is C13H15NO6. The molecule has 7 heteroatoms. The third kappa shape index (κ3) is 1.66. The van der Waals surface area contributed by atoms with Crippen LogP contribution in [-0.2, 0) is 23.9 Å². The van der Waals surface area contributed by atoms with Gasteiger partial charge in [0.1, 0.15) is 18.1 Å². The Balaban J connectivity index is 1.82. The minimum absolute atomic E-state index is 0.168. The van der Waals surface area contributed by atoms with Crippen molar-refractivity contribution >= 4 is 17.8 Å². The van der Waals surface area contributed by atoms with E-state index in [1.165, 1.54) is 4.90 Å². The van der Waals surface area contributed by atoms with Crippen LogP contribution in [0.4, 0.5) is 0 Å². The lowest BCUT2D eigenvalue weighted by Gasteiger charge is -2.21. The van der Waals surface area contributed by atoms with Gasteiger partial charge in [-0.15, -0.1) is 0 Å². The molecule has 3 aliphatic rings. The number of carbonyl (C=O) groups is 3. The Kier molecular flexibility index (Phi) is 2.82. The van der Waals surface area contributed by atoms with E-state index in [4.69, 9.17) is 9.47 Å². The molecule has 2 unspecified atom stereocenters. The number of aliphatic carboxylic acids is 1. The number of rotatable bonds is 4. The van der Waals surface area contributed by atoms with Gasteiger partial charge in [-0.1, -0.05) is 12.2 Å². The van der Waals surface area contributed by atoms with Gasteiger partial charge in [0.15, 0.2) is 0 Å². The van der Waals surface area contributed by atoms with Crippen molar-refractivity contribution in [1.82, 2.24) is 4.90 Å². The first-order valence-corrected chi connectivity index (χ1v) is 6.53. The van der Waals surface area contributed by atoms with E-state index in [0.29, 0.717) is 0 Å². The van der Waals surface area contributed by atoms with Crippen LogP contribution in [0.5, 0.6) is 0 Å². The summed E-state index contributed by atoms with van der Waals surface area (Å²) in [6, 6.07) is 0. The SMILES string of the molecule is CCOC(=O)CN1C[C@@]23C=C[C@@H](O2)C(C(=O)O)C3C1=O. The number of esters is 1. The predicted molar refractivity (Wildman–Crippen MR) is 64.6 cm³/mol. The average Bonchev–Trinajstić information content (AvgIpc) is 2.99. The maximum Gasteiger partial charge on any atom is 0.325 e. The molecule has 0 saturated carbocycles. The first-order valence-electron chi connectivity index (χ1n) is 6.53. The number of carboxylic acids is 1. The van der Waals surface area contributed by atoms with Gasteiger partial charge in [-0.2, -0.15) is 0 Å². The quantitative estimate of drug-likeness (QED) is 0.547. The molecule has 2 fully saturated rings. The lowest BCUT2D eigenvalue weighted by atomic mass is 9.77. The van der Waals surface area contributed by atoms with E-state index >= 15 is 0 Å². The maximum absolute atomic E-state index is 12.4. The van der Waals surface area contributed by atoms with E-state index in [1.54, 1.807) is 19.1 Å². The second-order valence-electron chi connectivity index (χ2n) is 5.24.